The molecule has 0 spiro atoms. The number of nitrogens with one attached hydrogen (secondary N) is 2. The minimum atomic E-state index is -0.156. The van der Waals surface area contributed by atoms with Gasteiger partial charge in [0.15, 0.2) is 0 Å². The van der Waals surface area contributed by atoms with Gasteiger partial charge in [0.25, 0.3) is 0 Å². The molecule has 0 aromatic heterocycles. The SMILES string of the molecule is CC(C(=O)NC(c1ccccc1)c1ccc(Cl)cc1)C1CNC1. The predicted molar refractivity (Wildman–Crippen MR) is 93.4 cm³/mol. The first-order chi connectivity index (χ1) is 11.1. The maximum atomic E-state index is 12.6. The molecule has 1 aliphatic rings. The molecular weight excluding hydrogens is 308 g/mol. The fraction of sp³-hybridized carbons (Fsp3) is 0.316. The Labute approximate surface area is 142 Å². The summed E-state index contributed by atoms with van der Waals surface area (Å²) in [5, 5.41) is 7.13. The van der Waals surface area contributed by atoms with Crippen LogP contribution >= 0.6 is 11.6 Å². The second-order valence-corrected chi connectivity index (χ2v) is 6.55. The second kappa shape index (κ2) is 7.16. The maximum Gasteiger partial charge on any atom is 0.223 e. The van der Waals surface area contributed by atoms with E-state index in [1.807, 2.05) is 61.5 Å². The van der Waals surface area contributed by atoms with Crippen LogP contribution in [0.15, 0.2) is 54.6 Å². The first kappa shape index (κ1) is 16.0. The highest BCUT2D eigenvalue weighted by atomic mass is 35.5. The molecule has 4 heteroatoms. The maximum absolute atomic E-state index is 12.6. The van der Waals surface area contributed by atoms with E-state index in [-0.39, 0.29) is 17.9 Å². The second-order valence-electron chi connectivity index (χ2n) is 6.11. The molecule has 1 amide bonds. The summed E-state index contributed by atoms with van der Waals surface area (Å²) in [4.78, 5) is 12.6. The Bertz CT molecular complexity index is 653. The Kier molecular flexibility index (Phi) is 4.99. The van der Waals surface area contributed by atoms with Crippen LogP contribution in [0.4, 0.5) is 0 Å². The number of hydrogen-bond acceptors (Lipinski definition) is 2. The van der Waals surface area contributed by atoms with E-state index < -0.39 is 0 Å². The number of amides is 1. The van der Waals surface area contributed by atoms with Crippen molar-refractivity contribution >= 4 is 17.5 Å². The first-order valence-electron chi connectivity index (χ1n) is 7.96. The van der Waals surface area contributed by atoms with Crippen LogP contribution in [0.5, 0.6) is 0 Å². The van der Waals surface area contributed by atoms with Crippen molar-refractivity contribution in [3.8, 4) is 0 Å². The highest BCUT2D eigenvalue weighted by molar-refractivity contribution is 6.30. The smallest absolute Gasteiger partial charge is 0.223 e. The van der Waals surface area contributed by atoms with Gasteiger partial charge in [-0.2, -0.15) is 0 Å². The standard InChI is InChI=1S/C19H21ClN2O/c1-13(16-11-21-12-16)19(23)22-18(14-5-3-2-4-6-14)15-7-9-17(20)10-8-15/h2-10,13,16,18,21H,11-12H2,1H3,(H,22,23). The summed E-state index contributed by atoms with van der Waals surface area (Å²) in [6.45, 7) is 3.85. The van der Waals surface area contributed by atoms with Crippen LogP contribution < -0.4 is 10.6 Å². The number of carbonyl (C=O) groups is 1. The number of hydrogen-bond donors (Lipinski definition) is 2. The van der Waals surface area contributed by atoms with Gasteiger partial charge in [-0.25, -0.2) is 0 Å². The van der Waals surface area contributed by atoms with Crippen LogP contribution in [0.2, 0.25) is 5.02 Å². The molecule has 0 saturated carbocycles. The van der Waals surface area contributed by atoms with Crippen molar-refractivity contribution in [2.24, 2.45) is 11.8 Å². The summed E-state index contributed by atoms with van der Waals surface area (Å²) in [7, 11) is 0. The van der Waals surface area contributed by atoms with E-state index in [0.29, 0.717) is 10.9 Å². The van der Waals surface area contributed by atoms with Crippen molar-refractivity contribution in [3.05, 3.63) is 70.7 Å². The van der Waals surface area contributed by atoms with Crippen LogP contribution in [0.25, 0.3) is 0 Å². The zero-order valence-corrected chi connectivity index (χ0v) is 13.9. The third-order valence-electron chi connectivity index (χ3n) is 4.56. The molecule has 2 atom stereocenters. The molecule has 2 aromatic carbocycles. The van der Waals surface area contributed by atoms with Gasteiger partial charge < -0.3 is 10.6 Å². The van der Waals surface area contributed by atoms with E-state index in [1.54, 1.807) is 0 Å². The van der Waals surface area contributed by atoms with Gasteiger partial charge in [-0.15, -0.1) is 0 Å². The van der Waals surface area contributed by atoms with Crippen LogP contribution in [0.1, 0.15) is 24.1 Å². The molecule has 1 saturated heterocycles. The lowest BCUT2D eigenvalue weighted by molar-refractivity contribution is -0.127. The van der Waals surface area contributed by atoms with Gasteiger partial charge in [0.2, 0.25) is 5.91 Å². The molecule has 0 aliphatic carbocycles. The molecule has 1 fully saturated rings. The lowest BCUT2D eigenvalue weighted by Gasteiger charge is -2.33. The van der Waals surface area contributed by atoms with Crippen LogP contribution in [-0.4, -0.2) is 19.0 Å². The summed E-state index contributed by atoms with van der Waals surface area (Å²) in [5.74, 6) is 0.534. The van der Waals surface area contributed by atoms with Crippen molar-refractivity contribution < 1.29 is 4.79 Å². The lowest BCUT2D eigenvalue weighted by atomic mass is 9.87. The van der Waals surface area contributed by atoms with Crippen LogP contribution in [0, 0.1) is 11.8 Å². The Hall–Kier alpha value is -1.84. The van der Waals surface area contributed by atoms with Gasteiger partial charge in [-0.1, -0.05) is 61.0 Å². The average Bonchev–Trinajstić information content (AvgIpc) is 2.52. The minimum Gasteiger partial charge on any atom is -0.345 e. The van der Waals surface area contributed by atoms with Gasteiger partial charge in [0, 0.05) is 10.9 Å². The largest absolute Gasteiger partial charge is 0.345 e. The molecule has 2 unspecified atom stereocenters. The molecule has 0 radical (unpaired) electrons. The quantitative estimate of drug-likeness (QED) is 0.883. The van der Waals surface area contributed by atoms with Crippen molar-refractivity contribution in [3.63, 3.8) is 0 Å². The fourth-order valence-electron chi connectivity index (χ4n) is 2.81. The van der Waals surface area contributed by atoms with Gasteiger partial charge >= 0.3 is 0 Å². The highest BCUT2D eigenvalue weighted by Crippen LogP contribution is 2.25. The van der Waals surface area contributed by atoms with Crippen LogP contribution in [-0.2, 0) is 4.79 Å². The molecule has 120 valence electrons. The number of rotatable bonds is 5. The van der Waals surface area contributed by atoms with E-state index in [9.17, 15) is 4.79 Å². The average molecular weight is 329 g/mol. The van der Waals surface area contributed by atoms with Crippen molar-refractivity contribution in [1.82, 2.24) is 10.6 Å². The molecule has 1 aliphatic heterocycles. The predicted octanol–water partition coefficient (Wildman–Crippen LogP) is 3.40. The topological polar surface area (TPSA) is 41.1 Å². The Morgan fingerprint density at radius 1 is 1.09 bits per heavy atom. The lowest BCUT2D eigenvalue weighted by Crippen LogP contribution is -2.50. The molecule has 3 nitrogen and oxygen atoms in total. The minimum absolute atomic E-state index is 0.00904. The fourth-order valence-corrected chi connectivity index (χ4v) is 2.94. The molecular formula is C19H21ClN2O. The summed E-state index contributed by atoms with van der Waals surface area (Å²) in [6, 6.07) is 17.5. The Morgan fingerprint density at radius 2 is 1.70 bits per heavy atom. The monoisotopic (exact) mass is 328 g/mol. The van der Waals surface area contributed by atoms with E-state index >= 15 is 0 Å². The van der Waals surface area contributed by atoms with Crippen molar-refractivity contribution in [2.75, 3.05) is 13.1 Å². The van der Waals surface area contributed by atoms with Gasteiger partial charge in [-0.3, -0.25) is 4.79 Å². The van der Waals surface area contributed by atoms with Gasteiger partial charge in [-0.05, 0) is 42.3 Å². The molecule has 2 N–H and O–H groups in total. The molecule has 3 rings (SSSR count). The Morgan fingerprint density at radius 3 is 2.26 bits per heavy atom. The number of benzene rings is 2. The molecule has 0 bridgehead atoms. The van der Waals surface area contributed by atoms with Gasteiger partial charge in [0.1, 0.15) is 0 Å². The number of halogens is 1. The van der Waals surface area contributed by atoms with Gasteiger partial charge in [0.05, 0.1) is 6.04 Å². The molecule has 23 heavy (non-hydrogen) atoms. The van der Waals surface area contributed by atoms with Crippen molar-refractivity contribution in [2.45, 2.75) is 13.0 Å². The van der Waals surface area contributed by atoms with E-state index in [2.05, 4.69) is 10.6 Å². The first-order valence-corrected chi connectivity index (χ1v) is 8.34. The third kappa shape index (κ3) is 3.74. The summed E-state index contributed by atoms with van der Waals surface area (Å²) < 4.78 is 0. The Balaban J connectivity index is 1.83. The summed E-state index contributed by atoms with van der Waals surface area (Å²) in [6.07, 6.45) is 0. The zero-order valence-electron chi connectivity index (χ0n) is 13.1. The van der Waals surface area contributed by atoms with Crippen molar-refractivity contribution in [1.29, 1.82) is 0 Å². The van der Waals surface area contributed by atoms with E-state index in [4.69, 9.17) is 11.6 Å². The normalized spacial score (nSPS) is 17.1. The van der Waals surface area contributed by atoms with E-state index in [0.717, 1.165) is 24.2 Å². The van der Waals surface area contributed by atoms with E-state index in [1.165, 1.54) is 0 Å². The highest BCUT2D eigenvalue weighted by Gasteiger charge is 2.30. The van der Waals surface area contributed by atoms with Crippen LogP contribution in [0.3, 0.4) is 0 Å². The summed E-state index contributed by atoms with van der Waals surface area (Å²) in [5.41, 5.74) is 2.11. The third-order valence-corrected chi connectivity index (χ3v) is 4.81. The molecule has 2 aromatic rings. The molecule has 1 heterocycles. The zero-order chi connectivity index (χ0) is 16.2. The number of carbonyl (C=O) groups excluding carboxylic acids is 1. The summed E-state index contributed by atoms with van der Waals surface area (Å²) >= 11 is 5.99.